The van der Waals surface area contributed by atoms with Crippen LogP contribution in [0.15, 0.2) is 77.3 Å². The maximum absolute atomic E-state index is 13.7. The molecule has 2 atom stereocenters. The monoisotopic (exact) mass is 478 g/mol. The van der Waals surface area contributed by atoms with E-state index in [1.165, 1.54) is 12.1 Å². The highest BCUT2D eigenvalue weighted by atomic mass is 79.9. The van der Waals surface area contributed by atoms with Gasteiger partial charge in [0.2, 0.25) is 0 Å². The molecule has 0 bridgehead atoms. The lowest BCUT2D eigenvalue weighted by atomic mass is 9.91. The normalized spacial score (nSPS) is 13.5. The molecule has 3 aromatic rings. The molecule has 158 valence electrons. The van der Waals surface area contributed by atoms with E-state index >= 15 is 0 Å². The minimum Gasteiger partial charge on any atom is -0.497 e. The molecule has 3 N–H and O–H groups in total. The molecule has 0 saturated carbocycles. The van der Waals surface area contributed by atoms with Gasteiger partial charge < -0.3 is 15.8 Å². The summed E-state index contributed by atoms with van der Waals surface area (Å²) in [5.41, 5.74) is 7.49. The minimum atomic E-state index is -4.48. The van der Waals surface area contributed by atoms with E-state index in [1.807, 2.05) is 24.3 Å². The minimum absolute atomic E-state index is 0.111. The molecule has 3 nitrogen and oxygen atoms in total. The van der Waals surface area contributed by atoms with Crippen LogP contribution in [0.25, 0.3) is 0 Å². The predicted octanol–water partition coefficient (Wildman–Crippen LogP) is 6.20. The molecule has 3 rings (SSSR count). The molecular weight excluding hydrogens is 457 g/mol. The van der Waals surface area contributed by atoms with Crippen LogP contribution < -0.4 is 15.8 Å². The van der Waals surface area contributed by atoms with Crippen LogP contribution in [-0.4, -0.2) is 13.2 Å². The number of ether oxygens (including phenoxy) is 1. The van der Waals surface area contributed by atoms with Gasteiger partial charge in [-0.15, -0.1) is 0 Å². The molecule has 0 aliphatic carbocycles. The molecule has 3 aromatic carbocycles. The molecule has 0 heterocycles. The van der Waals surface area contributed by atoms with E-state index in [0.29, 0.717) is 17.9 Å². The van der Waals surface area contributed by atoms with Crippen molar-refractivity contribution in [1.82, 2.24) is 0 Å². The van der Waals surface area contributed by atoms with Gasteiger partial charge in [0.15, 0.2) is 0 Å². The molecular formula is C23H22BrF3N2O. The summed E-state index contributed by atoms with van der Waals surface area (Å²) in [5, 5.41) is 3.20. The quantitative estimate of drug-likeness (QED) is 0.424. The van der Waals surface area contributed by atoms with Crippen molar-refractivity contribution < 1.29 is 17.9 Å². The summed E-state index contributed by atoms with van der Waals surface area (Å²) in [5.74, 6) is 0.658. The molecule has 0 aromatic heterocycles. The first-order chi connectivity index (χ1) is 14.3. The van der Waals surface area contributed by atoms with Gasteiger partial charge in [-0.25, -0.2) is 0 Å². The molecule has 0 unspecified atom stereocenters. The first kappa shape index (κ1) is 22.2. The fraction of sp³-hybridized carbons (Fsp3) is 0.217. The number of anilines is 1. The Balaban J connectivity index is 1.99. The molecule has 0 aliphatic heterocycles. The number of halogens is 4. The van der Waals surface area contributed by atoms with Gasteiger partial charge in [-0.2, -0.15) is 13.2 Å². The number of alkyl halides is 3. The average molecular weight is 479 g/mol. The van der Waals surface area contributed by atoms with Crippen molar-refractivity contribution >= 4 is 21.6 Å². The summed E-state index contributed by atoms with van der Waals surface area (Å²) < 4.78 is 47.1. The summed E-state index contributed by atoms with van der Waals surface area (Å²) in [7, 11) is 1.55. The smallest absolute Gasteiger partial charge is 0.416 e. The van der Waals surface area contributed by atoms with Gasteiger partial charge in [0.1, 0.15) is 5.75 Å². The number of benzene rings is 3. The summed E-state index contributed by atoms with van der Waals surface area (Å²) in [6, 6.07) is 18.7. The Bertz CT molecular complexity index is 977. The van der Waals surface area contributed by atoms with Crippen molar-refractivity contribution in [2.75, 3.05) is 12.4 Å². The van der Waals surface area contributed by atoms with E-state index < -0.39 is 23.8 Å². The lowest BCUT2D eigenvalue weighted by molar-refractivity contribution is -0.138. The Labute approximate surface area is 182 Å². The number of methoxy groups -OCH3 is 1. The highest BCUT2D eigenvalue weighted by molar-refractivity contribution is 9.10. The van der Waals surface area contributed by atoms with E-state index in [4.69, 9.17) is 10.5 Å². The standard InChI is InChI=1S/C23H22BrF3N2O/c1-30-17-12-10-16(11-13-17)29-22(18-7-3-4-8-19(18)23(25,26)27)21(28)14-15-6-2-5-9-20(15)24/h2-13,21-22,29H,14,28H2,1H3/t21-,22+/m0/s1. The third-order valence-electron chi connectivity index (χ3n) is 4.86. The van der Waals surface area contributed by atoms with Gasteiger partial charge in [0.05, 0.1) is 18.7 Å². The summed E-state index contributed by atoms with van der Waals surface area (Å²) in [6.07, 6.45) is -4.09. The van der Waals surface area contributed by atoms with Crippen LogP contribution >= 0.6 is 15.9 Å². The maximum Gasteiger partial charge on any atom is 0.416 e. The molecule has 0 spiro atoms. The highest BCUT2D eigenvalue weighted by Crippen LogP contribution is 2.37. The SMILES string of the molecule is COc1ccc(N[C@H](c2ccccc2C(F)(F)F)[C@@H](N)Cc2ccccc2Br)cc1. The number of hydrogen-bond acceptors (Lipinski definition) is 3. The van der Waals surface area contributed by atoms with Gasteiger partial charge in [-0.1, -0.05) is 52.3 Å². The van der Waals surface area contributed by atoms with Crippen LogP contribution in [0.5, 0.6) is 5.75 Å². The molecule has 7 heteroatoms. The Morgan fingerprint density at radius 3 is 2.23 bits per heavy atom. The zero-order valence-corrected chi connectivity index (χ0v) is 17.9. The van der Waals surface area contributed by atoms with Crippen LogP contribution in [-0.2, 0) is 12.6 Å². The van der Waals surface area contributed by atoms with Gasteiger partial charge in [-0.05, 0) is 53.9 Å². The van der Waals surface area contributed by atoms with Crippen molar-refractivity contribution in [3.05, 3.63) is 94.0 Å². The predicted molar refractivity (Wildman–Crippen MR) is 117 cm³/mol. The number of hydrogen-bond donors (Lipinski definition) is 2. The van der Waals surface area contributed by atoms with E-state index in [2.05, 4.69) is 21.2 Å². The number of nitrogens with one attached hydrogen (secondary N) is 1. The Hall–Kier alpha value is -2.51. The van der Waals surface area contributed by atoms with Crippen molar-refractivity contribution in [3.8, 4) is 5.75 Å². The second-order valence-corrected chi connectivity index (χ2v) is 7.75. The third kappa shape index (κ3) is 5.34. The number of nitrogens with two attached hydrogens (primary N) is 1. The summed E-state index contributed by atoms with van der Waals surface area (Å²) in [6.45, 7) is 0. The first-order valence-corrected chi connectivity index (χ1v) is 10.1. The van der Waals surface area contributed by atoms with Crippen LogP contribution in [0, 0.1) is 0 Å². The lowest BCUT2D eigenvalue weighted by Gasteiger charge is -2.29. The summed E-state index contributed by atoms with van der Waals surface area (Å²) >= 11 is 3.49. The molecule has 0 radical (unpaired) electrons. The van der Waals surface area contributed by atoms with E-state index in [9.17, 15) is 13.2 Å². The third-order valence-corrected chi connectivity index (χ3v) is 5.63. The topological polar surface area (TPSA) is 47.3 Å². The molecule has 30 heavy (non-hydrogen) atoms. The molecule has 0 fully saturated rings. The van der Waals surface area contributed by atoms with Crippen molar-refractivity contribution in [2.45, 2.75) is 24.7 Å². The fourth-order valence-corrected chi connectivity index (χ4v) is 3.79. The fourth-order valence-electron chi connectivity index (χ4n) is 3.34. The summed E-state index contributed by atoms with van der Waals surface area (Å²) in [4.78, 5) is 0. The Morgan fingerprint density at radius 2 is 1.60 bits per heavy atom. The Kier molecular flexibility index (Phi) is 7.05. The first-order valence-electron chi connectivity index (χ1n) is 9.35. The number of rotatable bonds is 7. The van der Waals surface area contributed by atoms with Gasteiger partial charge >= 0.3 is 6.18 Å². The van der Waals surface area contributed by atoms with Crippen LogP contribution in [0.2, 0.25) is 0 Å². The van der Waals surface area contributed by atoms with Crippen molar-refractivity contribution in [1.29, 1.82) is 0 Å². The Morgan fingerprint density at radius 1 is 0.967 bits per heavy atom. The van der Waals surface area contributed by atoms with Gasteiger partial charge in [0, 0.05) is 16.2 Å². The van der Waals surface area contributed by atoms with E-state index in [-0.39, 0.29) is 5.56 Å². The van der Waals surface area contributed by atoms with Gasteiger partial charge in [-0.3, -0.25) is 0 Å². The van der Waals surface area contributed by atoms with Crippen molar-refractivity contribution in [2.24, 2.45) is 5.73 Å². The van der Waals surface area contributed by atoms with Crippen LogP contribution in [0.1, 0.15) is 22.7 Å². The average Bonchev–Trinajstić information content (AvgIpc) is 2.73. The largest absolute Gasteiger partial charge is 0.497 e. The van der Waals surface area contributed by atoms with Crippen LogP contribution in [0.3, 0.4) is 0 Å². The molecule has 0 amide bonds. The van der Waals surface area contributed by atoms with E-state index in [0.717, 1.165) is 16.1 Å². The molecule has 0 saturated heterocycles. The van der Waals surface area contributed by atoms with Gasteiger partial charge in [0.25, 0.3) is 0 Å². The maximum atomic E-state index is 13.7. The highest BCUT2D eigenvalue weighted by Gasteiger charge is 2.36. The van der Waals surface area contributed by atoms with Crippen molar-refractivity contribution in [3.63, 3.8) is 0 Å². The molecule has 0 aliphatic rings. The lowest BCUT2D eigenvalue weighted by Crippen LogP contribution is -2.36. The van der Waals surface area contributed by atoms with Crippen LogP contribution in [0.4, 0.5) is 18.9 Å². The zero-order chi connectivity index (χ0) is 21.7. The zero-order valence-electron chi connectivity index (χ0n) is 16.3. The second-order valence-electron chi connectivity index (χ2n) is 6.89. The second kappa shape index (κ2) is 9.53. The van der Waals surface area contributed by atoms with E-state index in [1.54, 1.807) is 37.4 Å².